The van der Waals surface area contributed by atoms with E-state index >= 15 is 0 Å². The van der Waals surface area contributed by atoms with Crippen molar-refractivity contribution in [1.29, 1.82) is 0 Å². The molecule has 4 aromatic rings. The van der Waals surface area contributed by atoms with Gasteiger partial charge < -0.3 is 14.6 Å². The molecule has 0 aliphatic carbocycles. The lowest BCUT2D eigenvalue weighted by molar-refractivity contribution is -0.116. The van der Waals surface area contributed by atoms with Crippen molar-refractivity contribution in [2.24, 2.45) is 7.05 Å². The Bertz CT molecular complexity index is 1400. The Labute approximate surface area is 201 Å². The number of ether oxygens (including phenoxy) is 1. The average Bonchev–Trinajstić information content (AvgIpc) is 3.60. The minimum absolute atomic E-state index is 0.121. The Kier molecular flexibility index (Phi) is 6.14. The smallest absolute Gasteiger partial charge is 0.328 e. The largest absolute Gasteiger partial charge is 0.376 e. The summed E-state index contributed by atoms with van der Waals surface area (Å²) in [4.78, 5) is 29.8. The second-order valence-electron chi connectivity index (χ2n) is 8.85. The molecule has 1 aliphatic heterocycles. The van der Waals surface area contributed by atoms with Gasteiger partial charge >= 0.3 is 5.69 Å². The molecular weight excluding hydrogens is 450 g/mol. The normalized spacial score (nSPS) is 15.9. The Morgan fingerprint density at radius 2 is 2.03 bits per heavy atom. The number of anilines is 1. The maximum atomic E-state index is 12.6. The number of nitrogens with zero attached hydrogens (tertiary/aromatic N) is 4. The number of benzene rings is 1. The number of carbonyl (C=O) groups excluding carboxylic acids is 1. The van der Waals surface area contributed by atoms with Gasteiger partial charge in [-0.25, -0.2) is 9.78 Å². The number of imidazole rings is 1. The molecule has 9 heteroatoms. The van der Waals surface area contributed by atoms with Crippen LogP contribution in [0.15, 0.2) is 40.5 Å². The van der Waals surface area contributed by atoms with Crippen LogP contribution in [0, 0.1) is 13.8 Å². The van der Waals surface area contributed by atoms with Crippen LogP contribution in [-0.2, 0) is 29.7 Å². The van der Waals surface area contributed by atoms with E-state index in [2.05, 4.69) is 34.8 Å². The van der Waals surface area contributed by atoms with Gasteiger partial charge in [-0.3, -0.25) is 13.9 Å². The van der Waals surface area contributed by atoms with Crippen LogP contribution in [0.25, 0.3) is 22.3 Å². The molecule has 1 fully saturated rings. The summed E-state index contributed by atoms with van der Waals surface area (Å²) in [7, 11) is 1.75. The zero-order valence-electron chi connectivity index (χ0n) is 19.7. The summed E-state index contributed by atoms with van der Waals surface area (Å²) in [6, 6.07) is 9.75. The Balaban J connectivity index is 1.26. The molecule has 1 saturated heterocycles. The van der Waals surface area contributed by atoms with Crippen LogP contribution < -0.4 is 11.0 Å². The highest BCUT2D eigenvalue weighted by Crippen LogP contribution is 2.31. The highest BCUT2D eigenvalue weighted by molar-refractivity contribution is 7.14. The van der Waals surface area contributed by atoms with E-state index in [-0.39, 0.29) is 24.1 Å². The fraction of sp³-hybridized carbons (Fsp3) is 0.400. The lowest BCUT2D eigenvalue weighted by Gasteiger charge is -2.14. The van der Waals surface area contributed by atoms with Gasteiger partial charge in [0, 0.05) is 55.5 Å². The number of carbonyl (C=O) groups is 1. The molecular formula is C25H29N5O3S. The minimum atomic E-state index is -0.162. The fourth-order valence-electron chi connectivity index (χ4n) is 4.76. The molecule has 1 atom stereocenters. The molecule has 4 heterocycles. The first-order valence-corrected chi connectivity index (χ1v) is 12.5. The van der Waals surface area contributed by atoms with E-state index in [9.17, 15) is 9.59 Å². The number of para-hydroxylation sites is 2. The first-order chi connectivity index (χ1) is 16.4. The number of fused-ring (bicyclic) bond motifs is 1. The molecule has 5 rings (SSSR count). The maximum absolute atomic E-state index is 12.6. The molecule has 1 aromatic carbocycles. The number of nitrogens with one attached hydrogen (secondary N) is 1. The first kappa shape index (κ1) is 22.6. The van der Waals surface area contributed by atoms with E-state index in [4.69, 9.17) is 4.74 Å². The van der Waals surface area contributed by atoms with Crippen LogP contribution in [0.2, 0.25) is 0 Å². The predicted octanol–water partition coefficient (Wildman–Crippen LogP) is 4.09. The van der Waals surface area contributed by atoms with Crippen LogP contribution in [0.4, 0.5) is 5.13 Å². The lowest BCUT2D eigenvalue weighted by Crippen LogP contribution is -2.24. The number of rotatable bonds is 7. The van der Waals surface area contributed by atoms with Crippen LogP contribution in [0.5, 0.6) is 0 Å². The average molecular weight is 480 g/mol. The van der Waals surface area contributed by atoms with Gasteiger partial charge in [-0.05, 0) is 44.9 Å². The van der Waals surface area contributed by atoms with E-state index in [0.29, 0.717) is 11.7 Å². The third-order valence-corrected chi connectivity index (χ3v) is 7.38. The minimum Gasteiger partial charge on any atom is -0.376 e. The quantitative estimate of drug-likeness (QED) is 0.433. The summed E-state index contributed by atoms with van der Waals surface area (Å²) in [6.45, 7) is 6.24. The Hall–Kier alpha value is -3.17. The number of aryl methyl sites for hydroxylation is 3. The number of thiazole rings is 1. The SMILES string of the molecule is Cc1cc(-c2csc(NC(=O)CCn3c(=O)n(C)c4ccccc43)n2)c(C)n1CC1CCCO1. The topological polar surface area (TPSA) is 83.1 Å². The molecule has 1 unspecified atom stereocenters. The van der Waals surface area contributed by atoms with Gasteiger partial charge in [-0.2, -0.15) is 0 Å². The van der Waals surface area contributed by atoms with Gasteiger partial charge in [-0.15, -0.1) is 11.3 Å². The predicted molar refractivity (Wildman–Crippen MR) is 134 cm³/mol. The van der Waals surface area contributed by atoms with Gasteiger partial charge in [0.1, 0.15) is 0 Å². The van der Waals surface area contributed by atoms with Crippen LogP contribution in [0.1, 0.15) is 30.7 Å². The molecule has 34 heavy (non-hydrogen) atoms. The van der Waals surface area contributed by atoms with Gasteiger partial charge in [0.2, 0.25) is 5.91 Å². The van der Waals surface area contributed by atoms with Crippen molar-refractivity contribution >= 4 is 33.4 Å². The number of aromatic nitrogens is 4. The summed E-state index contributed by atoms with van der Waals surface area (Å²) < 4.78 is 11.4. The van der Waals surface area contributed by atoms with Gasteiger partial charge in [0.15, 0.2) is 5.13 Å². The van der Waals surface area contributed by atoms with E-state index in [0.717, 1.165) is 54.0 Å². The highest BCUT2D eigenvalue weighted by Gasteiger charge is 2.20. The molecule has 1 N–H and O–H groups in total. The number of hydrogen-bond donors (Lipinski definition) is 1. The molecule has 0 bridgehead atoms. The van der Waals surface area contributed by atoms with Crippen molar-refractivity contribution in [2.45, 2.75) is 52.3 Å². The van der Waals surface area contributed by atoms with Crippen molar-refractivity contribution in [3.8, 4) is 11.3 Å². The first-order valence-electron chi connectivity index (χ1n) is 11.6. The molecule has 0 radical (unpaired) electrons. The maximum Gasteiger partial charge on any atom is 0.328 e. The van der Waals surface area contributed by atoms with Crippen LogP contribution in [0.3, 0.4) is 0 Å². The van der Waals surface area contributed by atoms with Crippen molar-refractivity contribution in [1.82, 2.24) is 18.7 Å². The summed E-state index contributed by atoms with van der Waals surface area (Å²) in [5.41, 5.74) is 5.84. The summed E-state index contributed by atoms with van der Waals surface area (Å²) in [5, 5.41) is 5.44. The summed E-state index contributed by atoms with van der Waals surface area (Å²) in [5.74, 6) is -0.162. The number of amides is 1. The summed E-state index contributed by atoms with van der Waals surface area (Å²) in [6.07, 6.45) is 2.70. The highest BCUT2D eigenvalue weighted by atomic mass is 32.1. The fourth-order valence-corrected chi connectivity index (χ4v) is 5.49. The molecule has 1 aliphatic rings. The van der Waals surface area contributed by atoms with Gasteiger partial charge in [0.05, 0.1) is 22.8 Å². The third-order valence-electron chi connectivity index (χ3n) is 6.62. The molecule has 0 spiro atoms. The third kappa shape index (κ3) is 4.21. The van der Waals surface area contributed by atoms with Crippen molar-refractivity contribution < 1.29 is 9.53 Å². The van der Waals surface area contributed by atoms with Gasteiger partial charge in [-0.1, -0.05) is 12.1 Å². The van der Waals surface area contributed by atoms with E-state index < -0.39 is 0 Å². The second kappa shape index (κ2) is 9.23. The molecule has 0 saturated carbocycles. The van der Waals surface area contributed by atoms with Crippen LogP contribution in [-0.4, -0.2) is 37.3 Å². The molecule has 8 nitrogen and oxygen atoms in total. The van der Waals surface area contributed by atoms with Crippen molar-refractivity contribution in [2.75, 3.05) is 11.9 Å². The Morgan fingerprint density at radius 1 is 1.24 bits per heavy atom. The van der Waals surface area contributed by atoms with Crippen molar-refractivity contribution in [3.05, 3.63) is 57.6 Å². The zero-order chi connectivity index (χ0) is 23.8. The molecule has 178 valence electrons. The zero-order valence-corrected chi connectivity index (χ0v) is 20.5. The van der Waals surface area contributed by atoms with E-state index in [1.165, 1.54) is 17.0 Å². The van der Waals surface area contributed by atoms with E-state index in [1.807, 2.05) is 29.6 Å². The van der Waals surface area contributed by atoms with Crippen molar-refractivity contribution in [3.63, 3.8) is 0 Å². The van der Waals surface area contributed by atoms with E-state index in [1.54, 1.807) is 16.2 Å². The molecule has 1 amide bonds. The molecule has 3 aromatic heterocycles. The number of hydrogen-bond acceptors (Lipinski definition) is 5. The monoisotopic (exact) mass is 479 g/mol. The second-order valence-corrected chi connectivity index (χ2v) is 9.71. The Morgan fingerprint density at radius 3 is 2.79 bits per heavy atom. The van der Waals surface area contributed by atoms with Gasteiger partial charge in [0.25, 0.3) is 0 Å². The van der Waals surface area contributed by atoms with Crippen LogP contribution >= 0.6 is 11.3 Å². The summed E-state index contributed by atoms with van der Waals surface area (Å²) >= 11 is 1.41. The standard InChI is InChI=1S/C25H29N5O3S/c1-16-13-19(17(2)30(16)14-18-7-6-12-33-18)20-15-34-24(26-20)27-23(31)10-11-29-22-9-5-4-8-21(22)28(3)25(29)32/h4-5,8-9,13,15,18H,6-7,10-12,14H2,1-3H3,(H,26,27,31). The lowest BCUT2D eigenvalue weighted by atomic mass is 10.2.